The van der Waals surface area contributed by atoms with Crippen molar-refractivity contribution >= 4 is 0 Å². The molecule has 0 heteroatoms. The molecular weight excluding hydrogens is 204 g/mol. The Morgan fingerprint density at radius 1 is 1.18 bits per heavy atom. The van der Waals surface area contributed by atoms with Crippen LogP contribution in [0.5, 0.6) is 0 Å². The minimum absolute atomic E-state index is 0.671. The minimum atomic E-state index is 0.671. The molecule has 0 nitrogen and oxygen atoms in total. The normalized spacial score (nSPS) is 11.4. The van der Waals surface area contributed by atoms with Crippen LogP contribution >= 0.6 is 0 Å². The quantitative estimate of drug-likeness (QED) is 0.557. The average Bonchev–Trinajstić information content (AvgIpc) is 2.32. The molecule has 1 atom stereocenters. The van der Waals surface area contributed by atoms with Gasteiger partial charge in [-0.3, -0.25) is 0 Å². The van der Waals surface area contributed by atoms with Crippen LogP contribution < -0.4 is 0 Å². The summed E-state index contributed by atoms with van der Waals surface area (Å²) in [5, 5.41) is 0. The smallest absolute Gasteiger partial charge is 0.0190 e. The third-order valence-electron chi connectivity index (χ3n) is 2.89. The van der Waals surface area contributed by atoms with E-state index >= 15 is 0 Å². The molecule has 0 aromatic heterocycles. The van der Waals surface area contributed by atoms with Crippen molar-refractivity contribution < 1.29 is 0 Å². The van der Waals surface area contributed by atoms with Crippen LogP contribution in [0, 0.1) is 6.92 Å². The van der Waals surface area contributed by atoms with E-state index in [-0.39, 0.29) is 0 Å². The minimum Gasteiger partial charge on any atom is -0.100 e. The van der Waals surface area contributed by atoms with Gasteiger partial charge >= 0.3 is 0 Å². The summed E-state index contributed by atoms with van der Waals surface area (Å²) < 4.78 is 0. The van der Waals surface area contributed by atoms with Gasteiger partial charge in [-0.05, 0) is 44.6 Å². The molecule has 0 N–H and O–H groups in total. The van der Waals surface area contributed by atoms with Crippen LogP contribution in [0.15, 0.2) is 36.4 Å². The van der Waals surface area contributed by atoms with Gasteiger partial charge in [-0.2, -0.15) is 0 Å². The first-order valence-electron chi connectivity index (χ1n) is 6.80. The molecule has 0 saturated heterocycles. The average molecular weight is 232 g/mol. The second-order valence-electron chi connectivity index (χ2n) is 4.66. The fraction of sp³-hybridized carbons (Fsp3) is 0.529. The van der Waals surface area contributed by atoms with Crippen molar-refractivity contribution in [3.63, 3.8) is 0 Å². The molecule has 96 valence electrons. The predicted octanol–water partition coefficient (Wildman–Crippen LogP) is 5.87. The number of benzene rings is 1. The molecule has 0 radical (unpaired) electrons. The van der Waals surface area contributed by atoms with Gasteiger partial charge < -0.3 is 0 Å². The van der Waals surface area contributed by atoms with Crippen molar-refractivity contribution in [1.29, 1.82) is 0 Å². The number of allylic oxidation sites excluding steroid dienone is 1. The van der Waals surface area contributed by atoms with Crippen molar-refractivity contribution in [3.8, 4) is 0 Å². The Morgan fingerprint density at radius 2 is 1.71 bits per heavy atom. The monoisotopic (exact) mass is 232 g/mol. The van der Waals surface area contributed by atoms with Crippen molar-refractivity contribution in [2.45, 2.75) is 59.8 Å². The van der Waals surface area contributed by atoms with Gasteiger partial charge in [0.25, 0.3) is 0 Å². The Labute approximate surface area is 108 Å². The summed E-state index contributed by atoms with van der Waals surface area (Å²) in [5.41, 5.74) is 4.10. The van der Waals surface area contributed by atoms with Crippen LogP contribution in [0.3, 0.4) is 0 Å². The lowest BCUT2D eigenvalue weighted by molar-refractivity contribution is 0.632. The molecule has 17 heavy (non-hydrogen) atoms. The molecule has 1 aromatic carbocycles. The second kappa shape index (κ2) is 9.04. The lowest BCUT2D eigenvalue weighted by Gasteiger charge is -2.11. The third-order valence-corrected chi connectivity index (χ3v) is 2.89. The highest BCUT2D eigenvalue weighted by Crippen LogP contribution is 2.22. The first kappa shape index (κ1) is 16.0. The van der Waals surface area contributed by atoms with Gasteiger partial charge in [-0.15, -0.1) is 6.58 Å². The Bertz CT molecular complexity index is 305. The maximum atomic E-state index is 3.94. The molecule has 1 aromatic rings. The van der Waals surface area contributed by atoms with Crippen LogP contribution in [0.4, 0.5) is 0 Å². The summed E-state index contributed by atoms with van der Waals surface area (Å²) in [4.78, 5) is 0. The second-order valence-corrected chi connectivity index (χ2v) is 4.66. The first-order chi connectivity index (χ1) is 8.09. The molecule has 0 amide bonds. The Kier molecular flexibility index (Phi) is 8.49. The molecule has 1 unspecified atom stereocenters. The van der Waals surface area contributed by atoms with Gasteiger partial charge in [0.1, 0.15) is 0 Å². The Morgan fingerprint density at radius 3 is 2.18 bits per heavy atom. The Balaban J connectivity index is 0.00000121. The molecule has 0 aliphatic rings. The summed E-state index contributed by atoms with van der Waals surface area (Å²) in [6.45, 7) is 14.5. The summed E-state index contributed by atoms with van der Waals surface area (Å²) in [5.74, 6) is 0.671. The van der Waals surface area contributed by atoms with Crippen LogP contribution in [-0.4, -0.2) is 0 Å². The SMILES string of the molecule is C=C(C)CCCC(C)c1ccc(C)cc1.CC. The van der Waals surface area contributed by atoms with Gasteiger partial charge in [-0.1, -0.05) is 56.2 Å². The third kappa shape index (κ3) is 6.99. The molecule has 0 bridgehead atoms. The lowest BCUT2D eigenvalue weighted by Crippen LogP contribution is -1.93. The number of hydrogen-bond acceptors (Lipinski definition) is 0. The van der Waals surface area contributed by atoms with Gasteiger partial charge in [0.05, 0.1) is 0 Å². The highest BCUT2D eigenvalue weighted by atomic mass is 14.1. The predicted molar refractivity (Wildman–Crippen MR) is 79.6 cm³/mol. The van der Waals surface area contributed by atoms with E-state index in [0.29, 0.717) is 5.92 Å². The van der Waals surface area contributed by atoms with Crippen LogP contribution in [0.25, 0.3) is 0 Å². The largest absolute Gasteiger partial charge is 0.100 e. The fourth-order valence-electron chi connectivity index (χ4n) is 1.77. The zero-order valence-corrected chi connectivity index (χ0v) is 12.2. The Hall–Kier alpha value is -1.04. The maximum absolute atomic E-state index is 3.94. The van der Waals surface area contributed by atoms with Crippen molar-refractivity contribution in [3.05, 3.63) is 47.5 Å². The van der Waals surface area contributed by atoms with Gasteiger partial charge in [0.15, 0.2) is 0 Å². The van der Waals surface area contributed by atoms with E-state index in [1.807, 2.05) is 13.8 Å². The summed E-state index contributed by atoms with van der Waals surface area (Å²) in [6, 6.07) is 8.90. The number of aryl methyl sites for hydroxylation is 1. The van der Waals surface area contributed by atoms with E-state index in [4.69, 9.17) is 0 Å². The first-order valence-corrected chi connectivity index (χ1v) is 6.80. The van der Waals surface area contributed by atoms with E-state index in [1.54, 1.807) is 0 Å². The lowest BCUT2D eigenvalue weighted by atomic mass is 9.94. The maximum Gasteiger partial charge on any atom is -0.0190 e. The topological polar surface area (TPSA) is 0 Å². The van der Waals surface area contributed by atoms with E-state index < -0.39 is 0 Å². The molecular formula is C17H28. The highest BCUT2D eigenvalue weighted by molar-refractivity contribution is 5.23. The summed E-state index contributed by atoms with van der Waals surface area (Å²) >= 11 is 0. The molecule has 0 fully saturated rings. The van der Waals surface area contributed by atoms with Gasteiger partial charge in [0.2, 0.25) is 0 Å². The van der Waals surface area contributed by atoms with Gasteiger partial charge in [-0.25, -0.2) is 0 Å². The zero-order chi connectivity index (χ0) is 13.3. The van der Waals surface area contributed by atoms with Crippen molar-refractivity contribution in [2.75, 3.05) is 0 Å². The highest BCUT2D eigenvalue weighted by Gasteiger charge is 2.04. The van der Waals surface area contributed by atoms with Crippen molar-refractivity contribution in [1.82, 2.24) is 0 Å². The van der Waals surface area contributed by atoms with E-state index in [1.165, 1.54) is 29.5 Å². The van der Waals surface area contributed by atoms with Crippen LogP contribution in [0.1, 0.15) is 64.0 Å². The molecule has 0 aliphatic heterocycles. The standard InChI is InChI=1S/C15H22.C2H6/c1-12(2)6-5-7-14(4)15-10-8-13(3)9-11-15;1-2/h8-11,14H,1,5-7H2,2-4H3;1-2H3. The van der Waals surface area contributed by atoms with E-state index in [9.17, 15) is 0 Å². The molecule has 0 spiro atoms. The van der Waals surface area contributed by atoms with Crippen LogP contribution in [-0.2, 0) is 0 Å². The zero-order valence-electron chi connectivity index (χ0n) is 12.2. The van der Waals surface area contributed by atoms with Crippen molar-refractivity contribution in [2.24, 2.45) is 0 Å². The molecule has 0 heterocycles. The number of rotatable bonds is 5. The summed E-state index contributed by atoms with van der Waals surface area (Å²) in [6.07, 6.45) is 3.68. The molecule has 1 rings (SSSR count). The molecule has 0 saturated carbocycles. The summed E-state index contributed by atoms with van der Waals surface area (Å²) in [7, 11) is 0. The molecule has 0 aliphatic carbocycles. The van der Waals surface area contributed by atoms with Gasteiger partial charge in [0, 0.05) is 0 Å². The van der Waals surface area contributed by atoms with Crippen LogP contribution in [0.2, 0.25) is 0 Å². The van der Waals surface area contributed by atoms with E-state index in [2.05, 4.69) is 51.6 Å². The fourth-order valence-corrected chi connectivity index (χ4v) is 1.77. The van der Waals surface area contributed by atoms with E-state index in [0.717, 1.165) is 6.42 Å². The number of hydrogen-bond donors (Lipinski definition) is 0.